The van der Waals surface area contributed by atoms with Crippen molar-refractivity contribution in [2.24, 2.45) is 0 Å². The van der Waals surface area contributed by atoms with Crippen molar-refractivity contribution in [1.29, 1.82) is 0 Å². The van der Waals surface area contributed by atoms with Crippen LogP contribution in [0.3, 0.4) is 0 Å². The van der Waals surface area contributed by atoms with E-state index in [2.05, 4.69) is 18.2 Å². The van der Waals surface area contributed by atoms with E-state index in [1.165, 1.54) is 16.3 Å². The fraction of sp³-hybridized carbons (Fsp3) is 0.0476. The summed E-state index contributed by atoms with van der Waals surface area (Å²) in [4.78, 5) is 0. The molecule has 0 fully saturated rings. The molecule has 0 atom stereocenters. The van der Waals surface area contributed by atoms with E-state index in [0.29, 0.717) is 6.61 Å². The number of furan rings is 1. The third kappa shape index (κ3) is 2.71. The molecule has 0 spiro atoms. The van der Waals surface area contributed by atoms with Gasteiger partial charge < -0.3 is 9.15 Å². The average Bonchev–Trinajstić information content (AvgIpc) is 3.01. The molecule has 0 saturated heterocycles. The molecule has 112 valence electrons. The molecule has 2 heteroatoms. The van der Waals surface area contributed by atoms with Gasteiger partial charge in [-0.3, -0.25) is 0 Å². The summed E-state index contributed by atoms with van der Waals surface area (Å²) in [5.74, 6) is 0.991. The Hall–Kier alpha value is -3.00. The van der Waals surface area contributed by atoms with Crippen LogP contribution < -0.4 is 4.74 Å². The van der Waals surface area contributed by atoms with Gasteiger partial charge in [0.05, 0.1) is 0 Å². The summed E-state index contributed by atoms with van der Waals surface area (Å²) in [5, 5.41) is 2.39. The van der Waals surface area contributed by atoms with Gasteiger partial charge in [0.1, 0.15) is 23.5 Å². The van der Waals surface area contributed by atoms with Gasteiger partial charge in [0, 0.05) is 16.3 Å². The van der Waals surface area contributed by atoms with Crippen LogP contribution in [0.4, 0.5) is 0 Å². The quantitative estimate of drug-likeness (QED) is 0.417. The van der Waals surface area contributed by atoms with E-state index in [1.54, 1.807) is 0 Å². The van der Waals surface area contributed by atoms with Crippen LogP contribution in [-0.2, 0) is 0 Å². The van der Waals surface area contributed by atoms with Crippen LogP contribution in [-0.4, -0.2) is 6.61 Å². The van der Waals surface area contributed by atoms with Crippen molar-refractivity contribution in [3.63, 3.8) is 0 Å². The number of benzene rings is 3. The molecule has 4 aromatic rings. The first kappa shape index (κ1) is 13.6. The van der Waals surface area contributed by atoms with Crippen molar-refractivity contribution in [3.05, 3.63) is 84.4 Å². The monoisotopic (exact) mass is 300 g/mol. The summed E-state index contributed by atoms with van der Waals surface area (Å²) < 4.78 is 11.0. The number of para-hydroxylation sites is 3. The third-order valence-corrected chi connectivity index (χ3v) is 3.84. The molecule has 1 aliphatic heterocycles. The predicted molar refractivity (Wildman–Crippen MR) is 94.7 cm³/mol. The largest absolute Gasteiger partial charge is 0.489 e. The SMILES string of the molecule is C1=Cc2ccccc2OC1.c1ccc2c(c1)oc1ccccc12. The van der Waals surface area contributed by atoms with E-state index in [4.69, 9.17) is 9.15 Å². The molecule has 2 nitrogen and oxygen atoms in total. The summed E-state index contributed by atoms with van der Waals surface area (Å²) in [6, 6.07) is 24.2. The average molecular weight is 300 g/mol. The highest BCUT2D eigenvalue weighted by Crippen LogP contribution is 2.27. The first-order valence-electron chi connectivity index (χ1n) is 7.66. The Balaban J connectivity index is 0.000000122. The summed E-state index contributed by atoms with van der Waals surface area (Å²) in [6.07, 6.45) is 4.10. The van der Waals surface area contributed by atoms with Gasteiger partial charge in [-0.15, -0.1) is 0 Å². The highest BCUT2D eigenvalue weighted by molar-refractivity contribution is 6.04. The van der Waals surface area contributed by atoms with Crippen molar-refractivity contribution in [2.75, 3.05) is 6.61 Å². The van der Waals surface area contributed by atoms with Crippen LogP contribution in [0, 0.1) is 0 Å². The Morgan fingerprint density at radius 3 is 1.96 bits per heavy atom. The molecule has 0 unspecified atom stereocenters. The standard InChI is InChI=1S/C12H8O.C9H8O/c1-3-7-11-9(5-1)10-6-2-4-8-12(10)13-11;1-2-6-9-8(4-1)5-3-7-10-9/h1-8H;1-6H,7H2. The Labute approximate surface area is 134 Å². The Bertz CT molecular complexity index is 929. The Morgan fingerprint density at radius 2 is 1.26 bits per heavy atom. The van der Waals surface area contributed by atoms with Gasteiger partial charge in [-0.1, -0.05) is 60.7 Å². The van der Waals surface area contributed by atoms with E-state index in [0.717, 1.165) is 16.9 Å². The molecule has 3 aromatic carbocycles. The molecular formula is C21H16O2. The maximum atomic E-state index is 5.65. The van der Waals surface area contributed by atoms with Crippen LogP contribution in [0.5, 0.6) is 5.75 Å². The molecule has 0 bridgehead atoms. The zero-order valence-corrected chi connectivity index (χ0v) is 12.6. The minimum Gasteiger partial charge on any atom is -0.489 e. The molecule has 1 aliphatic rings. The number of hydrogen-bond donors (Lipinski definition) is 0. The van der Waals surface area contributed by atoms with Gasteiger partial charge >= 0.3 is 0 Å². The molecule has 0 aliphatic carbocycles. The first-order chi connectivity index (χ1) is 11.4. The molecule has 5 rings (SSSR count). The molecule has 0 saturated carbocycles. The topological polar surface area (TPSA) is 22.4 Å². The van der Waals surface area contributed by atoms with Gasteiger partial charge in [0.25, 0.3) is 0 Å². The lowest BCUT2D eigenvalue weighted by molar-refractivity contribution is 0.358. The zero-order chi connectivity index (χ0) is 15.5. The van der Waals surface area contributed by atoms with E-state index in [-0.39, 0.29) is 0 Å². The molecular weight excluding hydrogens is 284 g/mol. The Kier molecular flexibility index (Phi) is 3.57. The highest BCUT2D eigenvalue weighted by Gasteiger charge is 2.03. The second-order valence-electron chi connectivity index (χ2n) is 5.35. The first-order valence-corrected chi connectivity index (χ1v) is 7.66. The van der Waals surface area contributed by atoms with Crippen LogP contribution >= 0.6 is 0 Å². The number of ether oxygens (including phenoxy) is 1. The van der Waals surface area contributed by atoms with Gasteiger partial charge in [-0.05, 0) is 24.3 Å². The normalized spacial score (nSPS) is 12.3. The molecule has 0 radical (unpaired) electrons. The predicted octanol–water partition coefficient (Wildman–Crippen LogP) is 5.68. The van der Waals surface area contributed by atoms with Crippen LogP contribution in [0.1, 0.15) is 5.56 Å². The molecule has 2 heterocycles. The molecule has 23 heavy (non-hydrogen) atoms. The number of rotatable bonds is 0. The van der Waals surface area contributed by atoms with Crippen LogP contribution in [0.25, 0.3) is 28.0 Å². The summed E-state index contributed by atoms with van der Waals surface area (Å²) in [5.41, 5.74) is 3.10. The lowest BCUT2D eigenvalue weighted by atomic mass is 10.1. The lowest BCUT2D eigenvalue weighted by Crippen LogP contribution is -1.98. The van der Waals surface area contributed by atoms with E-state index in [9.17, 15) is 0 Å². The smallest absolute Gasteiger partial charge is 0.135 e. The van der Waals surface area contributed by atoms with Gasteiger partial charge in [-0.2, -0.15) is 0 Å². The fourth-order valence-electron chi connectivity index (χ4n) is 2.74. The van der Waals surface area contributed by atoms with Crippen molar-refractivity contribution < 1.29 is 9.15 Å². The third-order valence-electron chi connectivity index (χ3n) is 3.84. The van der Waals surface area contributed by atoms with E-state index < -0.39 is 0 Å². The highest BCUT2D eigenvalue weighted by atomic mass is 16.5. The summed E-state index contributed by atoms with van der Waals surface area (Å²) in [6.45, 7) is 0.705. The summed E-state index contributed by atoms with van der Waals surface area (Å²) in [7, 11) is 0. The second kappa shape index (κ2) is 6.01. The fourth-order valence-corrected chi connectivity index (χ4v) is 2.74. The van der Waals surface area contributed by atoms with Crippen molar-refractivity contribution in [2.45, 2.75) is 0 Å². The minimum atomic E-state index is 0.705. The molecule has 1 aromatic heterocycles. The minimum absolute atomic E-state index is 0.705. The van der Waals surface area contributed by atoms with Crippen LogP contribution in [0.2, 0.25) is 0 Å². The molecule has 0 amide bonds. The van der Waals surface area contributed by atoms with Gasteiger partial charge in [-0.25, -0.2) is 0 Å². The van der Waals surface area contributed by atoms with Crippen LogP contribution in [0.15, 0.2) is 83.3 Å². The van der Waals surface area contributed by atoms with E-state index >= 15 is 0 Å². The van der Waals surface area contributed by atoms with Crippen molar-refractivity contribution in [1.82, 2.24) is 0 Å². The lowest BCUT2D eigenvalue weighted by Gasteiger charge is -2.10. The van der Waals surface area contributed by atoms with E-state index in [1.807, 2.05) is 66.7 Å². The maximum absolute atomic E-state index is 5.65. The van der Waals surface area contributed by atoms with Gasteiger partial charge in [0.15, 0.2) is 0 Å². The zero-order valence-electron chi connectivity index (χ0n) is 12.6. The Morgan fingerprint density at radius 1 is 0.652 bits per heavy atom. The summed E-state index contributed by atoms with van der Waals surface area (Å²) >= 11 is 0. The molecule has 0 N–H and O–H groups in total. The van der Waals surface area contributed by atoms with Crippen molar-refractivity contribution >= 4 is 28.0 Å². The number of hydrogen-bond acceptors (Lipinski definition) is 2. The van der Waals surface area contributed by atoms with Crippen molar-refractivity contribution in [3.8, 4) is 5.75 Å². The number of fused-ring (bicyclic) bond motifs is 4. The van der Waals surface area contributed by atoms with Gasteiger partial charge in [0.2, 0.25) is 0 Å². The maximum Gasteiger partial charge on any atom is 0.135 e. The second-order valence-corrected chi connectivity index (χ2v) is 5.35.